The van der Waals surface area contributed by atoms with Crippen LogP contribution in [-0.4, -0.2) is 32.2 Å². The fourth-order valence-corrected chi connectivity index (χ4v) is 5.20. The lowest BCUT2D eigenvalue weighted by Crippen LogP contribution is -2.35. The lowest BCUT2D eigenvalue weighted by molar-refractivity contribution is 0.101. The first-order valence-corrected chi connectivity index (χ1v) is 10.9. The zero-order valence-corrected chi connectivity index (χ0v) is 17.4. The number of halogens is 1. The van der Waals surface area contributed by atoms with Crippen molar-refractivity contribution in [2.24, 2.45) is 0 Å². The molecule has 0 radical (unpaired) electrons. The van der Waals surface area contributed by atoms with Gasteiger partial charge in [0.1, 0.15) is 10.6 Å². The summed E-state index contributed by atoms with van der Waals surface area (Å²) in [7, 11) is -2.60. The SMILES string of the molecule is CCOC1=C(C(=O)c2ccc3ccccc3c2)N(C)S(=O)(=O)c2cccc(Cl)c21. The maximum absolute atomic E-state index is 13.5. The van der Waals surface area contributed by atoms with Crippen molar-refractivity contribution in [1.82, 2.24) is 4.31 Å². The Morgan fingerprint density at radius 3 is 2.48 bits per heavy atom. The van der Waals surface area contributed by atoms with Crippen molar-refractivity contribution in [2.45, 2.75) is 11.8 Å². The van der Waals surface area contributed by atoms with Crippen LogP contribution in [0.25, 0.3) is 16.5 Å². The molecule has 0 unspecified atom stereocenters. The van der Waals surface area contributed by atoms with Gasteiger partial charge in [0.15, 0.2) is 5.76 Å². The number of nitrogens with zero attached hydrogens (tertiary/aromatic N) is 1. The van der Waals surface area contributed by atoms with E-state index in [0.29, 0.717) is 5.56 Å². The monoisotopic (exact) mass is 427 g/mol. The van der Waals surface area contributed by atoms with Gasteiger partial charge in [0.05, 0.1) is 17.2 Å². The molecule has 5 nitrogen and oxygen atoms in total. The summed E-state index contributed by atoms with van der Waals surface area (Å²) in [6.45, 7) is 2.02. The minimum atomic E-state index is -3.95. The molecule has 0 aromatic heterocycles. The number of likely N-dealkylation sites (N-methyl/N-ethyl adjacent to an activating group) is 1. The van der Waals surface area contributed by atoms with Crippen LogP contribution in [0.1, 0.15) is 22.8 Å². The standard InChI is InChI=1S/C22H18ClNO4S/c1-3-28-22-19-17(23)9-6-10-18(19)29(26,27)24(2)20(22)21(25)16-12-11-14-7-4-5-8-15(14)13-16/h4-13H,3H2,1-2H3. The molecule has 0 spiro atoms. The molecule has 3 aromatic rings. The highest BCUT2D eigenvalue weighted by atomic mass is 35.5. The number of carbonyl (C=O) groups excluding carboxylic acids is 1. The topological polar surface area (TPSA) is 63.7 Å². The van der Waals surface area contributed by atoms with Crippen LogP contribution in [0.2, 0.25) is 5.02 Å². The van der Waals surface area contributed by atoms with Crippen molar-refractivity contribution in [3.8, 4) is 0 Å². The predicted molar refractivity (Wildman–Crippen MR) is 113 cm³/mol. The number of benzene rings is 3. The third-order valence-electron chi connectivity index (χ3n) is 4.89. The Morgan fingerprint density at radius 1 is 1.03 bits per heavy atom. The van der Waals surface area contributed by atoms with Crippen LogP contribution in [0.4, 0.5) is 0 Å². The van der Waals surface area contributed by atoms with E-state index in [1.54, 1.807) is 31.2 Å². The van der Waals surface area contributed by atoms with Crippen molar-refractivity contribution in [1.29, 1.82) is 0 Å². The summed E-state index contributed by atoms with van der Waals surface area (Å²) in [4.78, 5) is 13.5. The van der Waals surface area contributed by atoms with Crippen LogP contribution < -0.4 is 0 Å². The van der Waals surface area contributed by atoms with E-state index in [4.69, 9.17) is 16.3 Å². The van der Waals surface area contributed by atoms with Gasteiger partial charge in [-0.25, -0.2) is 8.42 Å². The van der Waals surface area contributed by atoms with Gasteiger partial charge in [-0.05, 0) is 35.9 Å². The fraction of sp³-hybridized carbons (Fsp3) is 0.136. The highest BCUT2D eigenvalue weighted by Crippen LogP contribution is 2.41. The van der Waals surface area contributed by atoms with Crippen molar-refractivity contribution in [3.63, 3.8) is 0 Å². The summed E-state index contributed by atoms with van der Waals surface area (Å²) in [5.41, 5.74) is 0.537. The second-order valence-corrected chi connectivity index (χ2v) is 8.93. The Morgan fingerprint density at radius 2 is 1.76 bits per heavy atom. The third-order valence-corrected chi connectivity index (χ3v) is 7.00. The van der Waals surface area contributed by atoms with Crippen molar-refractivity contribution < 1.29 is 17.9 Å². The minimum Gasteiger partial charge on any atom is -0.491 e. The summed E-state index contributed by atoms with van der Waals surface area (Å²) < 4.78 is 32.9. The molecule has 0 N–H and O–H groups in total. The molecule has 148 valence electrons. The summed E-state index contributed by atoms with van der Waals surface area (Å²) in [5.74, 6) is -0.278. The number of sulfonamides is 1. The lowest BCUT2D eigenvalue weighted by Gasteiger charge is -2.31. The van der Waals surface area contributed by atoms with Crippen molar-refractivity contribution in [3.05, 3.63) is 82.5 Å². The van der Waals surface area contributed by atoms with Crippen LogP contribution in [0.15, 0.2) is 71.3 Å². The zero-order valence-electron chi connectivity index (χ0n) is 15.8. The summed E-state index contributed by atoms with van der Waals surface area (Å²) >= 11 is 6.33. The first-order valence-electron chi connectivity index (χ1n) is 9.04. The van der Waals surface area contributed by atoms with Gasteiger partial charge in [-0.2, -0.15) is 0 Å². The molecule has 29 heavy (non-hydrogen) atoms. The van der Waals surface area contributed by atoms with Gasteiger partial charge in [-0.3, -0.25) is 9.10 Å². The van der Waals surface area contributed by atoms with E-state index < -0.39 is 15.8 Å². The lowest BCUT2D eigenvalue weighted by atomic mass is 10.0. The molecule has 0 saturated heterocycles. The maximum Gasteiger partial charge on any atom is 0.265 e. The predicted octanol–water partition coefficient (Wildman–Crippen LogP) is 4.72. The Balaban J connectivity index is 1.98. The first kappa shape index (κ1) is 19.5. The number of Topliss-reactive ketones (excluding diaryl/α,β-unsaturated/α-hetero) is 1. The minimum absolute atomic E-state index is 0.0195. The van der Waals surface area contributed by atoms with Gasteiger partial charge >= 0.3 is 0 Å². The fourth-order valence-electron chi connectivity index (χ4n) is 3.47. The zero-order chi connectivity index (χ0) is 20.8. The van der Waals surface area contributed by atoms with E-state index in [9.17, 15) is 13.2 Å². The van der Waals surface area contributed by atoms with Crippen LogP contribution in [-0.2, 0) is 14.8 Å². The van der Waals surface area contributed by atoms with Crippen molar-refractivity contribution in [2.75, 3.05) is 13.7 Å². The molecular formula is C22H18ClNO4S. The average molecular weight is 428 g/mol. The molecule has 7 heteroatoms. The number of fused-ring (bicyclic) bond motifs is 2. The number of carbonyl (C=O) groups is 1. The second-order valence-electron chi connectivity index (χ2n) is 6.59. The van der Waals surface area contributed by atoms with Crippen LogP contribution in [0.5, 0.6) is 0 Å². The molecule has 1 heterocycles. The van der Waals surface area contributed by atoms with E-state index in [-0.39, 0.29) is 33.5 Å². The van der Waals surface area contributed by atoms with Gasteiger partial charge in [-0.15, -0.1) is 0 Å². The van der Waals surface area contributed by atoms with E-state index in [2.05, 4.69) is 0 Å². The van der Waals surface area contributed by atoms with Crippen LogP contribution in [0, 0.1) is 0 Å². The largest absolute Gasteiger partial charge is 0.491 e. The highest BCUT2D eigenvalue weighted by Gasteiger charge is 2.40. The molecule has 4 rings (SSSR count). The van der Waals surface area contributed by atoms with E-state index in [0.717, 1.165) is 15.1 Å². The van der Waals surface area contributed by atoms with Gasteiger partial charge in [0.25, 0.3) is 10.0 Å². The molecule has 0 amide bonds. The highest BCUT2D eigenvalue weighted by molar-refractivity contribution is 7.89. The molecule has 0 atom stereocenters. The van der Waals surface area contributed by atoms with Crippen LogP contribution in [0.3, 0.4) is 0 Å². The number of ketones is 1. The molecule has 0 fully saturated rings. The Hall–Kier alpha value is -2.83. The normalized spacial score (nSPS) is 15.3. The number of ether oxygens (including phenoxy) is 1. The molecule has 3 aromatic carbocycles. The second kappa shape index (κ2) is 7.21. The molecule has 0 aliphatic carbocycles. The average Bonchev–Trinajstić information content (AvgIpc) is 2.72. The smallest absolute Gasteiger partial charge is 0.265 e. The van der Waals surface area contributed by atoms with E-state index in [1.807, 2.05) is 30.3 Å². The number of allylic oxidation sites excluding steroid dienone is 1. The Kier molecular flexibility index (Phi) is 4.84. The van der Waals surface area contributed by atoms with Gasteiger partial charge in [0, 0.05) is 12.6 Å². The van der Waals surface area contributed by atoms with Crippen molar-refractivity contribution >= 4 is 43.9 Å². The summed E-state index contributed by atoms with van der Waals surface area (Å²) in [6, 6.07) is 17.5. The Labute approximate surface area is 174 Å². The van der Waals surface area contributed by atoms with E-state index >= 15 is 0 Å². The number of hydrogen-bond donors (Lipinski definition) is 0. The summed E-state index contributed by atoms with van der Waals surface area (Å²) in [5, 5.41) is 2.09. The van der Waals surface area contributed by atoms with Gasteiger partial charge in [0.2, 0.25) is 5.78 Å². The number of hydrogen-bond acceptors (Lipinski definition) is 4. The molecule has 0 saturated carbocycles. The maximum atomic E-state index is 13.5. The molecular weight excluding hydrogens is 410 g/mol. The first-order chi connectivity index (χ1) is 13.9. The molecule has 1 aliphatic heterocycles. The van der Waals surface area contributed by atoms with Gasteiger partial charge < -0.3 is 4.74 Å². The van der Waals surface area contributed by atoms with E-state index in [1.165, 1.54) is 13.1 Å². The van der Waals surface area contributed by atoms with Gasteiger partial charge in [-0.1, -0.05) is 54.1 Å². The third kappa shape index (κ3) is 3.09. The molecule has 1 aliphatic rings. The molecule has 0 bridgehead atoms. The summed E-state index contributed by atoms with van der Waals surface area (Å²) in [6.07, 6.45) is 0. The van der Waals surface area contributed by atoms with Crippen LogP contribution >= 0.6 is 11.6 Å². The number of rotatable bonds is 4. The Bertz CT molecular complexity index is 1280. The quantitative estimate of drug-likeness (QED) is 0.565.